The number of nitrogens with one attached hydrogen (secondary N) is 1. The maximum atomic E-state index is 12.0. The quantitative estimate of drug-likeness (QED) is 0.858. The van der Waals surface area contributed by atoms with Gasteiger partial charge in [-0.1, -0.05) is 18.2 Å². The minimum absolute atomic E-state index is 0.107. The van der Waals surface area contributed by atoms with Crippen molar-refractivity contribution in [3.05, 3.63) is 47.3 Å². The second-order valence-electron chi connectivity index (χ2n) is 3.99. The molecule has 4 nitrogen and oxygen atoms in total. The molecular formula is C13H15N3O. The Morgan fingerprint density at radius 3 is 2.41 bits per heavy atom. The van der Waals surface area contributed by atoms with Crippen LogP contribution in [0.5, 0.6) is 0 Å². The molecule has 0 unspecified atom stereocenters. The summed E-state index contributed by atoms with van der Waals surface area (Å²) in [4.78, 5) is 12.0. The van der Waals surface area contributed by atoms with Gasteiger partial charge in [0.2, 0.25) is 0 Å². The number of amides is 1. The lowest BCUT2D eigenvalue weighted by atomic mass is 10.2. The second kappa shape index (κ2) is 4.41. The first kappa shape index (κ1) is 11.4. The fourth-order valence-electron chi connectivity index (χ4n) is 1.73. The molecule has 0 saturated carbocycles. The van der Waals surface area contributed by atoms with Crippen molar-refractivity contribution in [1.29, 1.82) is 0 Å². The van der Waals surface area contributed by atoms with Gasteiger partial charge in [0.25, 0.3) is 5.91 Å². The van der Waals surface area contributed by atoms with Gasteiger partial charge in [0.1, 0.15) is 0 Å². The van der Waals surface area contributed by atoms with Crippen LogP contribution in [-0.2, 0) is 7.05 Å². The average molecular weight is 229 g/mol. The summed E-state index contributed by atoms with van der Waals surface area (Å²) in [7, 11) is 1.86. The fourth-order valence-corrected chi connectivity index (χ4v) is 1.73. The van der Waals surface area contributed by atoms with Gasteiger partial charge in [-0.3, -0.25) is 9.48 Å². The van der Waals surface area contributed by atoms with Crippen LogP contribution in [0.1, 0.15) is 21.7 Å². The molecule has 4 heteroatoms. The summed E-state index contributed by atoms with van der Waals surface area (Å²) in [5, 5.41) is 7.15. The van der Waals surface area contributed by atoms with Crippen LogP contribution in [0.4, 0.5) is 5.69 Å². The highest BCUT2D eigenvalue weighted by atomic mass is 16.1. The van der Waals surface area contributed by atoms with Crippen molar-refractivity contribution in [3.8, 4) is 0 Å². The lowest BCUT2D eigenvalue weighted by Crippen LogP contribution is -2.12. The SMILES string of the molecule is Cc1nn(C)c(C)c1NC(=O)c1ccccc1. The molecule has 2 aromatic rings. The summed E-state index contributed by atoms with van der Waals surface area (Å²) in [5.74, 6) is -0.107. The average Bonchev–Trinajstić information content (AvgIpc) is 2.57. The Labute approximate surface area is 100 Å². The van der Waals surface area contributed by atoms with Crippen molar-refractivity contribution < 1.29 is 4.79 Å². The van der Waals surface area contributed by atoms with Crippen molar-refractivity contribution >= 4 is 11.6 Å². The zero-order chi connectivity index (χ0) is 12.4. The van der Waals surface area contributed by atoms with Gasteiger partial charge in [0.15, 0.2) is 0 Å². The monoisotopic (exact) mass is 229 g/mol. The fraction of sp³-hybridized carbons (Fsp3) is 0.231. The Hall–Kier alpha value is -2.10. The summed E-state index contributed by atoms with van der Waals surface area (Å²) < 4.78 is 1.76. The maximum absolute atomic E-state index is 12.0. The summed E-state index contributed by atoms with van der Waals surface area (Å²) >= 11 is 0. The maximum Gasteiger partial charge on any atom is 0.255 e. The molecule has 0 saturated heterocycles. The molecule has 1 aromatic carbocycles. The van der Waals surface area contributed by atoms with Gasteiger partial charge in [0, 0.05) is 12.6 Å². The smallest absolute Gasteiger partial charge is 0.255 e. The Balaban J connectivity index is 2.25. The Kier molecular flexibility index (Phi) is 2.95. The Morgan fingerprint density at radius 2 is 1.88 bits per heavy atom. The summed E-state index contributed by atoms with van der Waals surface area (Å²) in [6.45, 7) is 3.81. The van der Waals surface area contributed by atoms with E-state index in [1.807, 2.05) is 39.1 Å². The standard InChI is InChI=1S/C13H15N3O/c1-9-12(10(2)16(3)15-9)14-13(17)11-7-5-4-6-8-11/h4-8H,1-3H3,(H,14,17). The number of carbonyl (C=O) groups is 1. The van der Waals surface area contributed by atoms with E-state index in [9.17, 15) is 4.79 Å². The van der Waals surface area contributed by atoms with Gasteiger partial charge in [-0.05, 0) is 26.0 Å². The molecule has 1 aromatic heterocycles. The van der Waals surface area contributed by atoms with Crippen LogP contribution in [0, 0.1) is 13.8 Å². The molecule has 0 aliphatic rings. The normalized spacial score (nSPS) is 10.3. The number of hydrogen-bond donors (Lipinski definition) is 1. The van der Waals surface area contributed by atoms with Crippen LogP contribution in [0.3, 0.4) is 0 Å². The van der Waals surface area contributed by atoms with E-state index >= 15 is 0 Å². The summed E-state index contributed by atoms with van der Waals surface area (Å²) in [5.41, 5.74) is 3.22. The van der Waals surface area contributed by atoms with E-state index in [1.165, 1.54) is 0 Å². The van der Waals surface area contributed by atoms with Crippen molar-refractivity contribution in [1.82, 2.24) is 9.78 Å². The molecule has 2 rings (SSSR count). The lowest BCUT2D eigenvalue weighted by molar-refractivity contribution is 0.102. The van der Waals surface area contributed by atoms with Crippen LogP contribution in [0.25, 0.3) is 0 Å². The first-order valence-corrected chi connectivity index (χ1v) is 5.46. The largest absolute Gasteiger partial charge is 0.319 e. The number of aryl methyl sites for hydroxylation is 2. The Bertz CT molecular complexity index is 543. The molecule has 0 radical (unpaired) electrons. The van der Waals surface area contributed by atoms with E-state index in [-0.39, 0.29) is 5.91 Å². The van der Waals surface area contributed by atoms with E-state index in [4.69, 9.17) is 0 Å². The van der Waals surface area contributed by atoms with Gasteiger partial charge in [-0.25, -0.2) is 0 Å². The third-order valence-electron chi connectivity index (χ3n) is 2.78. The van der Waals surface area contributed by atoms with Crippen molar-refractivity contribution in [3.63, 3.8) is 0 Å². The van der Waals surface area contributed by atoms with Gasteiger partial charge in [-0.15, -0.1) is 0 Å². The number of carbonyl (C=O) groups excluding carboxylic acids is 1. The number of benzene rings is 1. The van der Waals surface area contributed by atoms with Crippen LogP contribution in [-0.4, -0.2) is 15.7 Å². The minimum Gasteiger partial charge on any atom is -0.319 e. The number of aromatic nitrogens is 2. The molecule has 1 heterocycles. The molecule has 1 amide bonds. The number of nitrogens with zero attached hydrogens (tertiary/aromatic N) is 2. The third-order valence-corrected chi connectivity index (χ3v) is 2.78. The highest BCUT2D eigenvalue weighted by Gasteiger charge is 2.13. The number of anilines is 1. The molecule has 88 valence electrons. The molecule has 1 N–H and O–H groups in total. The summed E-state index contributed by atoms with van der Waals surface area (Å²) in [6.07, 6.45) is 0. The highest BCUT2D eigenvalue weighted by molar-refractivity contribution is 6.04. The van der Waals surface area contributed by atoms with Crippen LogP contribution in [0.2, 0.25) is 0 Å². The van der Waals surface area contributed by atoms with E-state index in [0.717, 1.165) is 17.1 Å². The Morgan fingerprint density at radius 1 is 1.24 bits per heavy atom. The van der Waals surface area contributed by atoms with Gasteiger partial charge in [0.05, 0.1) is 17.1 Å². The molecule has 0 bridgehead atoms. The molecule has 17 heavy (non-hydrogen) atoms. The zero-order valence-electron chi connectivity index (χ0n) is 10.2. The zero-order valence-corrected chi connectivity index (χ0v) is 10.2. The van der Waals surface area contributed by atoms with Crippen LogP contribution < -0.4 is 5.32 Å². The first-order valence-electron chi connectivity index (χ1n) is 5.46. The summed E-state index contributed by atoms with van der Waals surface area (Å²) in [6, 6.07) is 9.15. The topological polar surface area (TPSA) is 46.9 Å². The molecular weight excluding hydrogens is 214 g/mol. The first-order chi connectivity index (χ1) is 8.09. The lowest BCUT2D eigenvalue weighted by Gasteiger charge is -2.05. The van der Waals surface area contributed by atoms with Gasteiger partial charge < -0.3 is 5.32 Å². The van der Waals surface area contributed by atoms with E-state index in [2.05, 4.69) is 10.4 Å². The molecule has 0 aliphatic carbocycles. The van der Waals surface area contributed by atoms with Gasteiger partial charge >= 0.3 is 0 Å². The number of hydrogen-bond acceptors (Lipinski definition) is 2. The van der Waals surface area contributed by atoms with E-state index < -0.39 is 0 Å². The van der Waals surface area contributed by atoms with Crippen molar-refractivity contribution in [2.45, 2.75) is 13.8 Å². The molecule has 0 fully saturated rings. The van der Waals surface area contributed by atoms with Crippen LogP contribution >= 0.6 is 0 Å². The number of rotatable bonds is 2. The second-order valence-corrected chi connectivity index (χ2v) is 3.99. The van der Waals surface area contributed by atoms with Crippen molar-refractivity contribution in [2.75, 3.05) is 5.32 Å². The molecule has 0 atom stereocenters. The van der Waals surface area contributed by atoms with Gasteiger partial charge in [-0.2, -0.15) is 5.10 Å². The predicted octanol–water partition coefficient (Wildman–Crippen LogP) is 2.29. The minimum atomic E-state index is -0.107. The van der Waals surface area contributed by atoms with Crippen molar-refractivity contribution in [2.24, 2.45) is 7.05 Å². The molecule has 0 spiro atoms. The third kappa shape index (κ3) is 2.20. The molecule has 0 aliphatic heterocycles. The van der Waals surface area contributed by atoms with E-state index in [0.29, 0.717) is 5.56 Å². The predicted molar refractivity (Wildman–Crippen MR) is 67.1 cm³/mol. The van der Waals surface area contributed by atoms with E-state index in [1.54, 1.807) is 16.8 Å². The highest BCUT2D eigenvalue weighted by Crippen LogP contribution is 2.19. The van der Waals surface area contributed by atoms with Crippen LogP contribution in [0.15, 0.2) is 30.3 Å².